The van der Waals surface area contributed by atoms with Gasteiger partial charge >= 0.3 is 0 Å². The van der Waals surface area contributed by atoms with Crippen molar-refractivity contribution in [3.05, 3.63) is 94.0 Å². The highest BCUT2D eigenvalue weighted by molar-refractivity contribution is 6.07. The largest absolute Gasteiger partial charge is 0.397 e. The number of H-pyrrole nitrogens is 1. The summed E-state index contributed by atoms with van der Waals surface area (Å²) in [6.07, 6.45) is 4.21. The number of nitrogens with one attached hydrogen (secondary N) is 2. The van der Waals surface area contributed by atoms with Crippen molar-refractivity contribution in [1.82, 2.24) is 24.5 Å². The van der Waals surface area contributed by atoms with E-state index in [0.717, 1.165) is 49.6 Å². The zero-order valence-corrected chi connectivity index (χ0v) is 19.1. The van der Waals surface area contributed by atoms with Gasteiger partial charge in [-0.3, -0.25) is 15.7 Å². The second-order valence-corrected chi connectivity index (χ2v) is 8.73. The summed E-state index contributed by atoms with van der Waals surface area (Å²) in [4.78, 5) is 13.5. The number of hydrogen-bond acceptors (Lipinski definition) is 6. The molecule has 6 N–H and O–H groups in total. The summed E-state index contributed by atoms with van der Waals surface area (Å²) in [7, 11) is 1.92. The van der Waals surface area contributed by atoms with Gasteiger partial charge in [0.25, 0.3) is 5.56 Å². The maximum atomic E-state index is 13.5. The number of aromatic nitrogens is 5. The summed E-state index contributed by atoms with van der Waals surface area (Å²) >= 11 is 0. The van der Waals surface area contributed by atoms with Gasteiger partial charge in [-0.15, -0.1) is 0 Å². The Morgan fingerprint density at radius 2 is 1.83 bits per heavy atom. The van der Waals surface area contributed by atoms with Crippen LogP contribution in [0.2, 0.25) is 0 Å². The van der Waals surface area contributed by atoms with E-state index in [1.165, 1.54) is 4.68 Å². The predicted octanol–water partition coefficient (Wildman–Crippen LogP) is 3.27. The third kappa shape index (κ3) is 3.32. The van der Waals surface area contributed by atoms with Crippen LogP contribution in [0.4, 0.5) is 11.4 Å². The Balaban J connectivity index is 1.43. The molecule has 0 fully saturated rings. The van der Waals surface area contributed by atoms with E-state index < -0.39 is 0 Å². The maximum absolute atomic E-state index is 13.5. The number of hydrogen-bond donors (Lipinski definition) is 4. The van der Waals surface area contributed by atoms with Crippen LogP contribution < -0.4 is 22.6 Å². The Hall–Kier alpha value is -4.63. The zero-order valence-electron chi connectivity index (χ0n) is 19.1. The molecule has 35 heavy (non-hydrogen) atoms. The van der Waals surface area contributed by atoms with Gasteiger partial charge in [-0.25, -0.2) is 4.68 Å². The molecule has 0 aliphatic heterocycles. The topological polar surface area (TPSA) is 133 Å². The molecule has 0 unspecified atom stereocenters. The fourth-order valence-electron chi connectivity index (χ4n) is 4.92. The molecule has 3 aromatic carbocycles. The van der Waals surface area contributed by atoms with E-state index >= 15 is 0 Å². The molecule has 0 bridgehead atoms. The van der Waals surface area contributed by atoms with Gasteiger partial charge in [0.2, 0.25) is 0 Å². The Bertz CT molecular complexity index is 1790. The molecule has 0 saturated heterocycles. The standard InChI is InChI=1S/C26H24N8O/c1-33-23-11-15(10-16-4-2-6-21(27)24(16)31-28)8-9-18(23)20-13-30-34(26(35)25(20)33)14-17-5-3-7-22-19(17)12-29-32-22/h2-9,11-13,31H,10,14,27-28H2,1H3,(H,29,32). The molecule has 0 saturated carbocycles. The summed E-state index contributed by atoms with van der Waals surface area (Å²) in [5.41, 5.74) is 15.6. The summed E-state index contributed by atoms with van der Waals surface area (Å²) in [5.74, 6) is 5.70. The second-order valence-electron chi connectivity index (χ2n) is 8.73. The summed E-state index contributed by atoms with van der Waals surface area (Å²) in [6.45, 7) is 0.364. The molecule has 0 aliphatic carbocycles. The molecule has 3 aromatic heterocycles. The van der Waals surface area contributed by atoms with E-state index in [1.54, 1.807) is 12.4 Å². The fraction of sp³-hybridized carbons (Fsp3) is 0.115. The number of nitrogens with two attached hydrogens (primary N) is 2. The van der Waals surface area contributed by atoms with E-state index in [9.17, 15) is 4.79 Å². The van der Waals surface area contributed by atoms with Gasteiger partial charge in [0.05, 0.1) is 35.8 Å². The lowest BCUT2D eigenvalue weighted by molar-refractivity contribution is 0.647. The van der Waals surface area contributed by atoms with E-state index in [2.05, 4.69) is 32.9 Å². The molecule has 9 heteroatoms. The van der Waals surface area contributed by atoms with Crippen LogP contribution in [0.5, 0.6) is 0 Å². The number of fused-ring (bicyclic) bond motifs is 4. The molecule has 0 atom stereocenters. The number of aromatic amines is 1. The number of anilines is 2. The Kier molecular flexibility index (Phi) is 4.78. The number of hydrazine groups is 1. The lowest BCUT2D eigenvalue weighted by Gasteiger charge is -2.12. The molecule has 0 radical (unpaired) electrons. The summed E-state index contributed by atoms with van der Waals surface area (Å²) in [6, 6.07) is 17.9. The van der Waals surface area contributed by atoms with E-state index in [1.807, 2.05) is 54.1 Å². The highest BCUT2D eigenvalue weighted by Gasteiger charge is 2.16. The molecule has 174 valence electrons. The fourth-order valence-corrected chi connectivity index (χ4v) is 4.92. The van der Waals surface area contributed by atoms with Crippen molar-refractivity contribution in [2.75, 3.05) is 11.2 Å². The highest BCUT2D eigenvalue weighted by atomic mass is 16.1. The number of nitrogen functional groups attached to an aromatic ring is 2. The van der Waals surface area contributed by atoms with Gasteiger partial charge < -0.3 is 15.7 Å². The SMILES string of the molecule is Cn1c2cc(Cc3cccc(N)c3NN)ccc2c2cnn(Cc3cccc4[nH]ncc34)c(=O)c21. The number of rotatable bonds is 5. The van der Waals surface area contributed by atoms with Crippen molar-refractivity contribution >= 4 is 44.1 Å². The van der Waals surface area contributed by atoms with Crippen LogP contribution in [0.15, 0.2) is 71.8 Å². The van der Waals surface area contributed by atoms with Crippen LogP contribution in [0.25, 0.3) is 32.7 Å². The number of aryl methyl sites for hydroxylation is 1. The van der Waals surface area contributed by atoms with Gasteiger partial charge in [-0.2, -0.15) is 10.2 Å². The molecule has 6 aromatic rings. The van der Waals surface area contributed by atoms with Crippen LogP contribution in [0.1, 0.15) is 16.7 Å². The van der Waals surface area contributed by atoms with Crippen LogP contribution in [-0.2, 0) is 20.0 Å². The number of benzene rings is 3. The van der Waals surface area contributed by atoms with Crippen LogP contribution in [0, 0.1) is 0 Å². The molecule has 3 heterocycles. The van der Waals surface area contributed by atoms with Crippen LogP contribution >= 0.6 is 0 Å². The molecular formula is C26H24N8O. The second kappa shape index (κ2) is 8.00. The molecule has 6 rings (SSSR count). The lowest BCUT2D eigenvalue weighted by Crippen LogP contribution is -2.24. The summed E-state index contributed by atoms with van der Waals surface area (Å²) in [5, 5.41) is 14.4. The minimum Gasteiger partial charge on any atom is -0.397 e. The van der Waals surface area contributed by atoms with Crippen molar-refractivity contribution in [2.24, 2.45) is 12.9 Å². The Morgan fingerprint density at radius 3 is 2.69 bits per heavy atom. The monoisotopic (exact) mass is 464 g/mol. The number of nitrogens with zero attached hydrogens (tertiary/aromatic N) is 4. The maximum Gasteiger partial charge on any atom is 0.291 e. The number of para-hydroxylation sites is 1. The van der Waals surface area contributed by atoms with E-state index in [4.69, 9.17) is 11.6 Å². The zero-order chi connectivity index (χ0) is 24.1. The van der Waals surface area contributed by atoms with Crippen molar-refractivity contribution < 1.29 is 0 Å². The first kappa shape index (κ1) is 20.9. The minimum atomic E-state index is -0.131. The first-order valence-electron chi connectivity index (χ1n) is 11.3. The van der Waals surface area contributed by atoms with Gasteiger partial charge in [0, 0.05) is 28.7 Å². The predicted molar refractivity (Wildman–Crippen MR) is 139 cm³/mol. The highest BCUT2D eigenvalue weighted by Crippen LogP contribution is 2.29. The third-order valence-corrected chi connectivity index (χ3v) is 6.68. The minimum absolute atomic E-state index is 0.131. The van der Waals surface area contributed by atoms with E-state index in [-0.39, 0.29) is 5.56 Å². The molecule has 9 nitrogen and oxygen atoms in total. The van der Waals surface area contributed by atoms with Crippen molar-refractivity contribution in [2.45, 2.75) is 13.0 Å². The van der Waals surface area contributed by atoms with Crippen molar-refractivity contribution in [3.8, 4) is 0 Å². The smallest absolute Gasteiger partial charge is 0.291 e. The molecule has 0 amide bonds. The van der Waals surface area contributed by atoms with Crippen LogP contribution in [-0.4, -0.2) is 24.5 Å². The van der Waals surface area contributed by atoms with Gasteiger partial charge in [0.15, 0.2) is 0 Å². The van der Waals surface area contributed by atoms with Gasteiger partial charge in [0.1, 0.15) is 5.52 Å². The molecule has 0 spiro atoms. The van der Waals surface area contributed by atoms with E-state index in [0.29, 0.717) is 24.2 Å². The Labute approximate surface area is 199 Å². The lowest BCUT2D eigenvalue weighted by atomic mass is 10.0. The summed E-state index contributed by atoms with van der Waals surface area (Å²) < 4.78 is 3.46. The normalized spacial score (nSPS) is 11.6. The Morgan fingerprint density at radius 1 is 1.00 bits per heavy atom. The average molecular weight is 465 g/mol. The molecular weight excluding hydrogens is 440 g/mol. The average Bonchev–Trinajstić information content (AvgIpc) is 3.45. The van der Waals surface area contributed by atoms with Crippen molar-refractivity contribution in [1.29, 1.82) is 0 Å². The quantitative estimate of drug-likeness (QED) is 0.176. The van der Waals surface area contributed by atoms with Gasteiger partial charge in [-0.05, 0) is 41.3 Å². The van der Waals surface area contributed by atoms with Crippen LogP contribution in [0.3, 0.4) is 0 Å². The first-order valence-corrected chi connectivity index (χ1v) is 11.3. The first-order chi connectivity index (χ1) is 17.0. The van der Waals surface area contributed by atoms with Crippen molar-refractivity contribution in [3.63, 3.8) is 0 Å². The molecule has 0 aliphatic rings. The third-order valence-electron chi connectivity index (χ3n) is 6.68. The van der Waals surface area contributed by atoms with Gasteiger partial charge in [-0.1, -0.05) is 36.4 Å².